The van der Waals surface area contributed by atoms with E-state index in [-0.39, 0.29) is 0 Å². The van der Waals surface area contributed by atoms with Crippen molar-refractivity contribution in [1.82, 2.24) is 0 Å². The zero-order valence-corrected chi connectivity index (χ0v) is 9.84. The predicted octanol–water partition coefficient (Wildman–Crippen LogP) is 4.49. The molecule has 1 aliphatic rings. The van der Waals surface area contributed by atoms with Crippen molar-refractivity contribution in [2.75, 3.05) is 0 Å². The molecule has 0 heterocycles. The minimum absolute atomic E-state index is 0.972. The van der Waals surface area contributed by atoms with Crippen molar-refractivity contribution < 1.29 is 0 Å². The van der Waals surface area contributed by atoms with Crippen molar-refractivity contribution in [3.63, 3.8) is 0 Å². The average Bonchev–Trinajstić information content (AvgIpc) is 2.78. The molecule has 0 saturated heterocycles. The number of rotatable bonds is 6. The van der Waals surface area contributed by atoms with Crippen LogP contribution in [0.15, 0.2) is 0 Å². The van der Waals surface area contributed by atoms with Gasteiger partial charge >= 0.3 is 0 Å². The third-order valence-corrected chi connectivity index (χ3v) is 3.82. The topological polar surface area (TPSA) is 0 Å². The van der Waals surface area contributed by atoms with Crippen LogP contribution in [0, 0.1) is 23.7 Å². The molecular formula is C13H26. The van der Waals surface area contributed by atoms with E-state index in [9.17, 15) is 0 Å². The van der Waals surface area contributed by atoms with E-state index in [2.05, 4.69) is 27.7 Å². The molecule has 0 aromatic rings. The molecule has 0 aliphatic heterocycles. The lowest BCUT2D eigenvalue weighted by molar-refractivity contribution is 0.269. The maximum atomic E-state index is 2.47. The summed E-state index contributed by atoms with van der Waals surface area (Å²) in [5.41, 5.74) is 0. The van der Waals surface area contributed by atoms with Crippen LogP contribution in [0.3, 0.4) is 0 Å². The largest absolute Gasteiger partial charge is 0.0654 e. The summed E-state index contributed by atoms with van der Waals surface area (Å²) >= 11 is 0. The van der Waals surface area contributed by atoms with Crippen LogP contribution in [0.1, 0.15) is 59.8 Å². The molecular weight excluding hydrogens is 156 g/mol. The first-order chi connectivity index (χ1) is 6.20. The van der Waals surface area contributed by atoms with E-state index in [0.717, 1.165) is 23.7 Å². The maximum Gasteiger partial charge on any atom is -0.0355 e. The van der Waals surface area contributed by atoms with Crippen LogP contribution in [0.2, 0.25) is 0 Å². The zero-order chi connectivity index (χ0) is 9.84. The van der Waals surface area contributed by atoms with Crippen LogP contribution >= 0.6 is 0 Å². The second kappa shape index (κ2) is 5.02. The molecule has 0 amide bonds. The fraction of sp³-hybridized carbons (Fsp3) is 1.00. The smallest absolute Gasteiger partial charge is 0.0355 e. The predicted molar refractivity (Wildman–Crippen MR) is 59.7 cm³/mol. The molecule has 1 fully saturated rings. The molecule has 0 aromatic carbocycles. The Morgan fingerprint density at radius 3 is 2.08 bits per heavy atom. The summed E-state index contributed by atoms with van der Waals surface area (Å²) in [6, 6.07) is 0. The van der Waals surface area contributed by atoms with Gasteiger partial charge in [-0.2, -0.15) is 0 Å². The first-order valence-corrected chi connectivity index (χ1v) is 6.20. The van der Waals surface area contributed by atoms with E-state index in [1.165, 1.54) is 32.1 Å². The Hall–Kier alpha value is 0. The first-order valence-electron chi connectivity index (χ1n) is 6.20. The van der Waals surface area contributed by atoms with Crippen molar-refractivity contribution in [2.24, 2.45) is 23.7 Å². The van der Waals surface area contributed by atoms with E-state index < -0.39 is 0 Å². The molecule has 0 radical (unpaired) electrons. The Kier molecular flexibility index (Phi) is 4.28. The molecule has 0 bridgehead atoms. The van der Waals surface area contributed by atoms with Gasteiger partial charge in [-0.3, -0.25) is 0 Å². The maximum absolute atomic E-state index is 2.47. The van der Waals surface area contributed by atoms with E-state index in [0.29, 0.717) is 0 Å². The van der Waals surface area contributed by atoms with Gasteiger partial charge < -0.3 is 0 Å². The highest BCUT2D eigenvalue weighted by molar-refractivity contribution is 4.90. The molecule has 1 aliphatic carbocycles. The van der Waals surface area contributed by atoms with Gasteiger partial charge in [-0.25, -0.2) is 0 Å². The van der Waals surface area contributed by atoms with Crippen LogP contribution in [-0.2, 0) is 0 Å². The SMILES string of the molecule is CCCC(C)C(CCC)C1CC1C. The van der Waals surface area contributed by atoms with Crippen molar-refractivity contribution in [3.05, 3.63) is 0 Å². The van der Waals surface area contributed by atoms with E-state index >= 15 is 0 Å². The standard InChI is InChI=1S/C13H26/c1-5-7-10(3)12(8-6-2)13-9-11(13)4/h10-13H,5-9H2,1-4H3. The molecule has 0 N–H and O–H groups in total. The lowest BCUT2D eigenvalue weighted by atomic mass is 9.82. The molecule has 0 aromatic heterocycles. The summed E-state index contributed by atoms with van der Waals surface area (Å²) < 4.78 is 0. The van der Waals surface area contributed by atoms with Crippen molar-refractivity contribution >= 4 is 0 Å². The first kappa shape index (κ1) is 11.1. The van der Waals surface area contributed by atoms with Crippen LogP contribution in [0.5, 0.6) is 0 Å². The highest BCUT2D eigenvalue weighted by Crippen LogP contribution is 2.48. The molecule has 1 rings (SSSR count). The van der Waals surface area contributed by atoms with E-state index in [4.69, 9.17) is 0 Å². The quantitative estimate of drug-likeness (QED) is 0.567. The third-order valence-electron chi connectivity index (χ3n) is 3.82. The van der Waals surface area contributed by atoms with Crippen LogP contribution in [0.25, 0.3) is 0 Å². The van der Waals surface area contributed by atoms with E-state index in [1.54, 1.807) is 0 Å². The lowest BCUT2D eigenvalue weighted by Gasteiger charge is -2.23. The molecule has 4 unspecified atom stereocenters. The average molecular weight is 182 g/mol. The Bertz CT molecular complexity index is 139. The van der Waals surface area contributed by atoms with Crippen molar-refractivity contribution in [2.45, 2.75) is 59.8 Å². The minimum atomic E-state index is 0.972. The van der Waals surface area contributed by atoms with Crippen molar-refractivity contribution in [1.29, 1.82) is 0 Å². The second-order valence-corrected chi connectivity index (χ2v) is 5.10. The molecule has 13 heavy (non-hydrogen) atoms. The normalized spacial score (nSPS) is 31.4. The summed E-state index contributed by atoms with van der Waals surface area (Å²) in [5, 5.41) is 0. The van der Waals surface area contributed by atoms with Crippen molar-refractivity contribution in [3.8, 4) is 0 Å². The van der Waals surface area contributed by atoms with Gasteiger partial charge in [-0.1, -0.05) is 53.4 Å². The molecule has 0 nitrogen and oxygen atoms in total. The Balaban J connectivity index is 2.37. The van der Waals surface area contributed by atoms with Crippen LogP contribution in [0.4, 0.5) is 0 Å². The fourth-order valence-electron chi connectivity index (χ4n) is 2.87. The third kappa shape index (κ3) is 3.00. The lowest BCUT2D eigenvalue weighted by Crippen LogP contribution is -2.14. The number of hydrogen-bond donors (Lipinski definition) is 0. The highest BCUT2D eigenvalue weighted by Gasteiger charge is 2.40. The van der Waals surface area contributed by atoms with Gasteiger partial charge in [0, 0.05) is 0 Å². The van der Waals surface area contributed by atoms with Gasteiger partial charge in [0.05, 0.1) is 0 Å². The Labute approximate surface area is 84.1 Å². The summed E-state index contributed by atoms with van der Waals surface area (Å²) in [5.74, 6) is 4.14. The molecule has 78 valence electrons. The Morgan fingerprint density at radius 1 is 1.15 bits per heavy atom. The van der Waals surface area contributed by atoms with Gasteiger partial charge in [0.25, 0.3) is 0 Å². The monoisotopic (exact) mass is 182 g/mol. The molecule has 4 atom stereocenters. The van der Waals surface area contributed by atoms with Gasteiger partial charge in [0.2, 0.25) is 0 Å². The second-order valence-electron chi connectivity index (χ2n) is 5.10. The summed E-state index contributed by atoms with van der Waals surface area (Å²) in [7, 11) is 0. The van der Waals surface area contributed by atoms with Gasteiger partial charge in [-0.15, -0.1) is 0 Å². The van der Waals surface area contributed by atoms with Gasteiger partial charge in [0.1, 0.15) is 0 Å². The zero-order valence-electron chi connectivity index (χ0n) is 9.84. The minimum Gasteiger partial charge on any atom is -0.0654 e. The Morgan fingerprint density at radius 2 is 1.69 bits per heavy atom. The molecule has 1 saturated carbocycles. The fourth-order valence-corrected chi connectivity index (χ4v) is 2.87. The summed E-state index contributed by atoms with van der Waals surface area (Å²) in [6.07, 6.45) is 7.16. The van der Waals surface area contributed by atoms with Gasteiger partial charge in [0.15, 0.2) is 0 Å². The summed E-state index contributed by atoms with van der Waals surface area (Å²) in [4.78, 5) is 0. The molecule has 0 heteroatoms. The van der Waals surface area contributed by atoms with Crippen LogP contribution < -0.4 is 0 Å². The molecule has 0 spiro atoms. The number of hydrogen-bond acceptors (Lipinski definition) is 0. The van der Waals surface area contributed by atoms with E-state index in [1.807, 2.05) is 0 Å². The van der Waals surface area contributed by atoms with Gasteiger partial charge in [-0.05, 0) is 30.1 Å². The van der Waals surface area contributed by atoms with Crippen LogP contribution in [-0.4, -0.2) is 0 Å². The summed E-state index contributed by atoms with van der Waals surface area (Å²) in [6.45, 7) is 9.54. The highest BCUT2D eigenvalue weighted by atomic mass is 14.5.